The molecule has 0 bridgehead atoms. The Morgan fingerprint density at radius 1 is 1.00 bits per heavy atom. The van der Waals surface area contributed by atoms with Crippen LogP contribution in [0.15, 0.2) is 71.7 Å². The number of nitrogens with zero attached hydrogens (tertiary/aromatic N) is 1. The van der Waals surface area contributed by atoms with Gasteiger partial charge in [-0.05, 0) is 55.3 Å². The highest BCUT2D eigenvalue weighted by atomic mass is 35.5. The van der Waals surface area contributed by atoms with Crippen molar-refractivity contribution in [2.24, 2.45) is 11.8 Å². The SMILES string of the molecule is CO[C@H]1C[C@H](C(=O)Nc2ccc(Cl)cc2)[C@@H](C(=O)Nc2ccc(-n3ccccc3=O)cc2F)C1. The van der Waals surface area contributed by atoms with Crippen molar-refractivity contribution in [3.05, 3.63) is 88.1 Å². The van der Waals surface area contributed by atoms with Crippen molar-refractivity contribution in [2.75, 3.05) is 17.7 Å². The summed E-state index contributed by atoms with van der Waals surface area (Å²) in [6.07, 6.45) is 1.96. The minimum Gasteiger partial charge on any atom is -0.381 e. The second-order valence-electron chi connectivity index (χ2n) is 8.10. The summed E-state index contributed by atoms with van der Waals surface area (Å²) >= 11 is 5.89. The Hall–Kier alpha value is -3.49. The van der Waals surface area contributed by atoms with Gasteiger partial charge in [-0.25, -0.2) is 4.39 Å². The Morgan fingerprint density at radius 3 is 2.29 bits per heavy atom. The zero-order valence-electron chi connectivity index (χ0n) is 18.3. The van der Waals surface area contributed by atoms with Gasteiger partial charge in [0.1, 0.15) is 5.82 Å². The molecule has 1 aliphatic carbocycles. The predicted molar refractivity (Wildman–Crippen MR) is 128 cm³/mol. The van der Waals surface area contributed by atoms with Gasteiger partial charge in [-0.1, -0.05) is 17.7 Å². The van der Waals surface area contributed by atoms with Crippen LogP contribution in [0, 0.1) is 17.7 Å². The van der Waals surface area contributed by atoms with Gasteiger partial charge >= 0.3 is 0 Å². The number of methoxy groups -OCH3 is 1. The lowest BCUT2D eigenvalue weighted by Crippen LogP contribution is -2.33. The van der Waals surface area contributed by atoms with E-state index in [1.807, 2.05) is 0 Å². The standard InChI is InChI=1S/C25H23ClFN3O4/c1-34-18-13-19(24(32)28-16-7-5-15(26)6-8-16)20(14-18)25(33)29-22-10-9-17(12-21(22)27)30-11-3-2-4-23(30)31/h2-12,18-20H,13-14H2,1H3,(H,28,32)(H,29,33)/t18-,19-,20-/m0/s1. The number of ether oxygens (including phenoxy) is 1. The fraction of sp³-hybridized carbons (Fsp3) is 0.240. The average Bonchev–Trinajstić information content (AvgIpc) is 3.27. The molecule has 2 N–H and O–H groups in total. The highest BCUT2D eigenvalue weighted by Gasteiger charge is 2.43. The van der Waals surface area contributed by atoms with E-state index in [1.54, 1.807) is 36.4 Å². The maximum atomic E-state index is 14.8. The number of carbonyl (C=O) groups is 2. The van der Waals surface area contributed by atoms with E-state index in [0.29, 0.717) is 29.2 Å². The number of halogens is 2. The quantitative estimate of drug-likeness (QED) is 0.548. The summed E-state index contributed by atoms with van der Waals surface area (Å²) in [7, 11) is 1.53. The molecule has 1 saturated carbocycles. The molecule has 9 heteroatoms. The lowest BCUT2D eigenvalue weighted by atomic mass is 9.94. The van der Waals surface area contributed by atoms with Crippen molar-refractivity contribution >= 4 is 34.8 Å². The Bertz CT molecular complexity index is 1260. The smallest absolute Gasteiger partial charge is 0.255 e. The fourth-order valence-electron chi connectivity index (χ4n) is 4.15. The molecular weight excluding hydrogens is 461 g/mol. The molecule has 34 heavy (non-hydrogen) atoms. The van der Waals surface area contributed by atoms with Crippen LogP contribution in [0.3, 0.4) is 0 Å². The first kappa shape index (κ1) is 23.7. The number of benzene rings is 2. The van der Waals surface area contributed by atoms with Crippen molar-refractivity contribution in [1.29, 1.82) is 0 Å². The van der Waals surface area contributed by atoms with E-state index in [2.05, 4.69) is 10.6 Å². The molecule has 176 valence electrons. The molecule has 0 spiro atoms. The monoisotopic (exact) mass is 483 g/mol. The molecule has 0 unspecified atom stereocenters. The van der Waals surface area contributed by atoms with Crippen molar-refractivity contribution in [3.63, 3.8) is 0 Å². The molecule has 3 aromatic rings. The number of amides is 2. The van der Waals surface area contributed by atoms with E-state index in [1.165, 1.54) is 42.1 Å². The Balaban J connectivity index is 1.50. The van der Waals surface area contributed by atoms with E-state index in [4.69, 9.17) is 16.3 Å². The highest BCUT2D eigenvalue weighted by molar-refractivity contribution is 6.30. The number of carbonyl (C=O) groups excluding carboxylic acids is 2. The van der Waals surface area contributed by atoms with Crippen molar-refractivity contribution in [3.8, 4) is 5.69 Å². The molecule has 0 aliphatic heterocycles. The van der Waals surface area contributed by atoms with Gasteiger partial charge in [0.05, 0.1) is 29.3 Å². The number of hydrogen-bond donors (Lipinski definition) is 2. The number of nitrogens with one attached hydrogen (secondary N) is 2. The number of hydrogen-bond acceptors (Lipinski definition) is 4. The Kier molecular flexibility index (Phi) is 7.09. The van der Waals surface area contributed by atoms with Gasteiger partial charge in [0.15, 0.2) is 0 Å². The molecule has 4 rings (SSSR count). The molecule has 0 radical (unpaired) electrons. The first-order valence-corrected chi connectivity index (χ1v) is 11.1. The summed E-state index contributed by atoms with van der Waals surface area (Å²) in [6, 6.07) is 15.4. The first-order valence-electron chi connectivity index (χ1n) is 10.7. The van der Waals surface area contributed by atoms with Crippen LogP contribution in [0.1, 0.15) is 12.8 Å². The van der Waals surface area contributed by atoms with Crippen molar-refractivity contribution < 1.29 is 18.7 Å². The van der Waals surface area contributed by atoms with Crippen molar-refractivity contribution in [2.45, 2.75) is 18.9 Å². The van der Waals surface area contributed by atoms with E-state index in [9.17, 15) is 18.8 Å². The van der Waals surface area contributed by atoms with Crippen LogP contribution in [0.2, 0.25) is 5.02 Å². The maximum absolute atomic E-state index is 14.8. The Labute approximate surface area is 200 Å². The summed E-state index contributed by atoms with van der Waals surface area (Å²) in [6.45, 7) is 0. The molecule has 1 aliphatic rings. The lowest BCUT2D eigenvalue weighted by molar-refractivity contribution is -0.128. The lowest BCUT2D eigenvalue weighted by Gasteiger charge is -2.19. The van der Waals surface area contributed by atoms with E-state index in [-0.39, 0.29) is 23.3 Å². The van der Waals surface area contributed by atoms with Crippen LogP contribution in [0.25, 0.3) is 5.69 Å². The Morgan fingerprint density at radius 2 is 1.68 bits per heavy atom. The minimum atomic E-state index is -0.701. The largest absolute Gasteiger partial charge is 0.381 e. The third kappa shape index (κ3) is 5.18. The summed E-state index contributed by atoms with van der Waals surface area (Å²) in [5.74, 6) is -2.83. The maximum Gasteiger partial charge on any atom is 0.255 e. The summed E-state index contributed by atoms with van der Waals surface area (Å²) in [4.78, 5) is 38.0. The van der Waals surface area contributed by atoms with Crippen LogP contribution in [0.5, 0.6) is 0 Å². The fourth-order valence-corrected chi connectivity index (χ4v) is 4.28. The number of rotatable bonds is 6. The van der Waals surface area contributed by atoms with Gasteiger partial charge in [0.2, 0.25) is 11.8 Å². The number of aromatic nitrogens is 1. The molecule has 1 heterocycles. The van der Waals surface area contributed by atoms with Crippen LogP contribution >= 0.6 is 11.6 Å². The molecule has 2 amide bonds. The highest BCUT2D eigenvalue weighted by Crippen LogP contribution is 2.36. The number of pyridine rings is 1. The topological polar surface area (TPSA) is 89.4 Å². The molecule has 3 atom stereocenters. The third-order valence-electron chi connectivity index (χ3n) is 5.95. The summed E-state index contributed by atoms with van der Waals surface area (Å²) in [5, 5.41) is 5.94. The summed E-state index contributed by atoms with van der Waals surface area (Å²) in [5.41, 5.74) is 0.564. The van der Waals surface area contributed by atoms with Crippen molar-refractivity contribution in [1.82, 2.24) is 4.57 Å². The van der Waals surface area contributed by atoms with Gasteiger partial charge in [-0.2, -0.15) is 0 Å². The first-order chi connectivity index (χ1) is 16.4. The normalized spacial score (nSPS) is 19.6. The van der Waals surface area contributed by atoms with Crippen LogP contribution in [-0.4, -0.2) is 29.6 Å². The van der Waals surface area contributed by atoms with Crippen LogP contribution < -0.4 is 16.2 Å². The van der Waals surface area contributed by atoms with Gasteiger partial charge in [0, 0.05) is 36.1 Å². The second-order valence-corrected chi connectivity index (χ2v) is 8.54. The van der Waals surface area contributed by atoms with E-state index >= 15 is 0 Å². The molecule has 2 aromatic carbocycles. The number of anilines is 2. The zero-order chi connectivity index (χ0) is 24.2. The molecule has 7 nitrogen and oxygen atoms in total. The molecule has 1 aromatic heterocycles. The van der Waals surface area contributed by atoms with Gasteiger partial charge in [-0.15, -0.1) is 0 Å². The van der Waals surface area contributed by atoms with Gasteiger partial charge < -0.3 is 15.4 Å². The molecular formula is C25H23ClFN3O4. The molecule has 0 saturated heterocycles. The minimum absolute atomic E-state index is 0.0320. The van der Waals surface area contributed by atoms with Gasteiger partial charge in [-0.3, -0.25) is 19.0 Å². The predicted octanol–water partition coefficient (Wildman–Crippen LogP) is 4.25. The van der Waals surface area contributed by atoms with Crippen LogP contribution in [-0.2, 0) is 14.3 Å². The second kappa shape index (κ2) is 10.2. The van der Waals surface area contributed by atoms with Gasteiger partial charge in [0.25, 0.3) is 5.56 Å². The molecule has 1 fully saturated rings. The van der Waals surface area contributed by atoms with Crippen LogP contribution in [0.4, 0.5) is 15.8 Å². The van der Waals surface area contributed by atoms with E-state index < -0.39 is 23.6 Å². The third-order valence-corrected chi connectivity index (χ3v) is 6.20. The average molecular weight is 484 g/mol. The zero-order valence-corrected chi connectivity index (χ0v) is 19.1. The summed E-state index contributed by atoms with van der Waals surface area (Å²) < 4.78 is 21.5. The van der Waals surface area contributed by atoms with E-state index in [0.717, 1.165) is 0 Å².